The number of rotatable bonds is 4. The van der Waals surface area contributed by atoms with Gasteiger partial charge in [-0.15, -0.1) is 11.3 Å². The summed E-state index contributed by atoms with van der Waals surface area (Å²) in [5, 5.41) is 5.40. The van der Waals surface area contributed by atoms with Gasteiger partial charge in [0.25, 0.3) is 5.91 Å². The van der Waals surface area contributed by atoms with Gasteiger partial charge in [-0.2, -0.15) is 5.10 Å². The number of benzene rings is 1. The summed E-state index contributed by atoms with van der Waals surface area (Å²) >= 11 is 13.8. The molecule has 2 heterocycles. The third-order valence-corrected chi connectivity index (χ3v) is 5.43. The number of hydrazone groups is 1. The van der Waals surface area contributed by atoms with Crippen molar-refractivity contribution in [2.24, 2.45) is 5.10 Å². The molecule has 0 bridgehead atoms. The Morgan fingerprint density at radius 1 is 1.25 bits per heavy atom. The van der Waals surface area contributed by atoms with Crippen molar-refractivity contribution in [2.75, 3.05) is 7.11 Å². The lowest BCUT2D eigenvalue weighted by Crippen LogP contribution is -2.16. The Bertz CT molecular complexity index is 926. The van der Waals surface area contributed by atoms with Crippen molar-refractivity contribution in [3.63, 3.8) is 0 Å². The third-order valence-electron chi connectivity index (χ3n) is 3.21. The Balaban J connectivity index is 1.86. The summed E-state index contributed by atoms with van der Waals surface area (Å²) in [7, 11) is 1.53. The van der Waals surface area contributed by atoms with Crippen LogP contribution in [0.15, 0.2) is 41.8 Å². The molecule has 0 saturated carbocycles. The van der Waals surface area contributed by atoms with E-state index in [4.69, 9.17) is 27.9 Å². The minimum Gasteiger partial charge on any atom is -0.495 e. The van der Waals surface area contributed by atoms with Gasteiger partial charge in [-0.05, 0) is 29.8 Å². The number of aromatic nitrogens is 1. The molecule has 0 aliphatic carbocycles. The fraction of sp³-hybridized carbons (Fsp3) is 0.0625. The molecule has 0 fully saturated rings. The van der Waals surface area contributed by atoms with Gasteiger partial charge in [-0.1, -0.05) is 23.2 Å². The number of amides is 1. The van der Waals surface area contributed by atoms with Crippen LogP contribution in [0.3, 0.4) is 0 Å². The number of methoxy groups -OCH3 is 1. The molecule has 5 nitrogen and oxygen atoms in total. The first kappa shape index (κ1) is 16.7. The fourth-order valence-electron chi connectivity index (χ4n) is 2.05. The maximum atomic E-state index is 12.3. The average Bonchev–Trinajstić information content (AvgIpc) is 2.94. The van der Waals surface area contributed by atoms with Gasteiger partial charge < -0.3 is 4.74 Å². The Hall–Kier alpha value is -2.15. The van der Waals surface area contributed by atoms with Gasteiger partial charge in [0.05, 0.1) is 23.0 Å². The number of thiophene rings is 1. The van der Waals surface area contributed by atoms with Crippen molar-refractivity contribution < 1.29 is 9.53 Å². The molecule has 24 heavy (non-hydrogen) atoms. The van der Waals surface area contributed by atoms with Gasteiger partial charge in [0.15, 0.2) is 0 Å². The molecule has 3 rings (SSSR count). The lowest BCUT2D eigenvalue weighted by Gasteiger charge is -2.02. The molecule has 0 spiro atoms. The first-order chi connectivity index (χ1) is 11.6. The number of halogens is 2. The van der Waals surface area contributed by atoms with Gasteiger partial charge in [-0.3, -0.25) is 9.78 Å². The summed E-state index contributed by atoms with van der Waals surface area (Å²) in [6.07, 6.45) is 4.81. The van der Waals surface area contributed by atoms with Crippen molar-refractivity contribution in [1.82, 2.24) is 10.4 Å². The minimum atomic E-state index is -0.401. The highest BCUT2D eigenvalue weighted by Crippen LogP contribution is 2.42. The van der Waals surface area contributed by atoms with Crippen LogP contribution in [-0.2, 0) is 0 Å². The quantitative estimate of drug-likeness (QED) is 0.540. The van der Waals surface area contributed by atoms with Crippen molar-refractivity contribution >= 4 is 56.7 Å². The van der Waals surface area contributed by atoms with Gasteiger partial charge in [0.1, 0.15) is 15.6 Å². The topological polar surface area (TPSA) is 63.6 Å². The Morgan fingerprint density at radius 3 is 2.71 bits per heavy atom. The molecule has 0 atom stereocenters. The van der Waals surface area contributed by atoms with Gasteiger partial charge in [0, 0.05) is 17.8 Å². The summed E-state index contributed by atoms with van der Waals surface area (Å²) in [6.45, 7) is 0. The zero-order valence-corrected chi connectivity index (χ0v) is 14.7. The SMILES string of the molecule is COc1ccc2c(Cl)c(C(=O)N/N=C/c3ccncc3)sc2c1Cl. The second-order valence-corrected chi connectivity index (χ2v) is 6.46. The number of carbonyl (C=O) groups is 1. The lowest BCUT2D eigenvalue weighted by molar-refractivity contribution is 0.0959. The van der Waals surface area contributed by atoms with E-state index in [2.05, 4.69) is 15.5 Å². The molecule has 0 unspecified atom stereocenters. The number of nitrogens with zero attached hydrogens (tertiary/aromatic N) is 2. The van der Waals surface area contributed by atoms with Crippen molar-refractivity contribution in [3.05, 3.63) is 57.1 Å². The van der Waals surface area contributed by atoms with Crippen molar-refractivity contribution in [1.29, 1.82) is 0 Å². The average molecular weight is 380 g/mol. The van der Waals surface area contributed by atoms with Crippen LogP contribution in [0.2, 0.25) is 10.0 Å². The summed E-state index contributed by atoms with van der Waals surface area (Å²) in [4.78, 5) is 16.6. The first-order valence-electron chi connectivity index (χ1n) is 6.79. The molecule has 122 valence electrons. The predicted octanol–water partition coefficient (Wildman–Crippen LogP) is 4.38. The highest BCUT2D eigenvalue weighted by atomic mass is 35.5. The zero-order chi connectivity index (χ0) is 17.1. The molecule has 0 aliphatic rings. The molecule has 0 saturated heterocycles. The van der Waals surface area contributed by atoms with E-state index in [9.17, 15) is 4.79 Å². The van der Waals surface area contributed by atoms with Crippen molar-refractivity contribution in [2.45, 2.75) is 0 Å². The van der Waals surface area contributed by atoms with Crippen molar-refractivity contribution in [3.8, 4) is 5.75 Å². The molecule has 8 heteroatoms. The molecule has 0 aliphatic heterocycles. The number of fused-ring (bicyclic) bond motifs is 1. The summed E-state index contributed by atoms with van der Waals surface area (Å²) in [6, 6.07) is 7.03. The second kappa shape index (κ2) is 7.17. The first-order valence-corrected chi connectivity index (χ1v) is 8.37. The lowest BCUT2D eigenvalue weighted by atomic mass is 10.2. The van der Waals surface area contributed by atoms with Crippen LogP contribution >= 0.6 is 34.5 Å². The third kappa shape index (κ3) is 3.21. The summed E-state index contributed by atoms with van der Waals surface area (Å²) < 4.78 is 5.88. The molecule has 1 amide bonds. The Morgan fingerprint density at radius 2 is 2.00 bits per heavy atom. The Labute approximate surface area is 151 Å². The number of hydrogen-bond donors (Lipinski definition) is 1. The largest absolute Gasteiger partial charge is 0.495 e. The Kier molecular flexibility index (Phi) is 4.99. The second-order valence-electron chi connectivity index (χ2n) is 4.68. The van der Waals surface area contributed by atoms with Crippen LogP contribution in [-0.4, -0.2) is 24.2 Å². The van der Waals surface area contributed by atoms with Crippen LogP contribution in [0.5, 0.6) is 5.75 Å². The fourth-order valence-corrected chi connectivity index (χ4v) is 3.83. The van der Waals surface area contributed by atoms with Gasteiger partial charge >= 0.3 is 0 Å². The number of pyridine rings is 1. The molecule has 0 radical (unpaired) electrons. The molecular formula is C16H11Cl2N3O2S. The van der Waals surface area contributed by atoms with E-state index in [1.165, 1.54) is 24.7 Å². The number of carbonyl (C=O) groups excluding carboxylic acids is 1. The van der Waals surface area contributed by atoms with E-state index in [0.717, 1.165) is 5.56 Å². The molecular weight excluding hydrogens is 369 g/mol. The highest BCUT2D eigenvalue weighted by molar-refractivity contribution is 7.22. The molecule has 1 aromatic carbocycles. The maximum Gasteiger partial charge on any atom is 0.283 e. The normalized spacial score (nSPS) is 11.1. The number of ether oxygens (including phenoxy) is 1. The van der Waals surface area contributed by atoms with Gasteiger partial charge in [-0.25, -0.2) is 5.43 Å². The number of nitrogens with one attached hydrogen (secondary N) is 1. The molecule has 1 N–H and O–H groups in total. The van der Waals surface area contributed by atoms with E-state index >= 15 is 0 Å². The monoisotopic (exact) mass is 379 g/mol. The van der Waals surface area contributed by atoms with Crippen LogP contribution < -0.4 is 10.2 Å². The standard InChI is InChI=1S/C16H11Cl2N3O2S/c1-23-11-3-2-10-12(17)15(24-14(10)13(11)18)16(22)21-20-8-9-4-6-19-7-5-9/h2-8H,1H3,(H,21,22)/b20-8+. The molecule has 3 aromatic rings. The van der Waals surface area contributed by atoms with Crippen LogP contribution in [0.1, 0.15) is 15.2 Å². The maximum absolute atomic E-state index is 12.3. The smallest absolute Gasteiger partial charge is 0.283 e. The minimum absolute atomic E-state index is 0.341. The summed E-state index contributed by atoms with van der Waals surface area (Å²) in [5.74, 6) is 0.131. The predicted molar refractivity (Wildman–Crippen MR) is 97.7 cm³/mol. The zero-order valence-electron chi connectivity index (χ0n) is 12.4. The number of hydrogen-bond acceptors (Lipinski definition) is 5. The summed E-state index contributed by atoms with van der Waals surface area (Å²) in [5.41, 5.74) is 3.28. The van der Waals surface area contributed by atoms with Gasteiger partial charge in [0.2, 0.25) is 0 Å². The van der Waals surface area contributed by atoms with Crippen LogP contribution in [0, 0.1) is 0 Å². The van der Waals surface area contributed by atoms with Crippen LogP contribution in [0.25, 0.3) is 10.1 Å². The van der Waals surface area contributed by atoms with E-state index in [0.29, 0.717) is 30.8 Å². The van der Waals surface area contributed by atoms with Crippen LogP contribution in [0.4, 0.5) is 0 Å². The van der Waals surface area contributed by atoms with E-state index in [-0.39, 0.29) is 0 Å². The molecule has 2 aromatic heterocycles. The van der Waals surface area contributed by atoms with E-state index in [1.807, 2.05) is 0 Å². The van der Waals surface area contributed by atoms with E-state index in [1.54, 1.807) is 36.7 Å². The highest BCUT2D eigenvalue weighted by Gasteiger charge is 2.20. The van der Waals surface area contributed by atoms with E-state index < -0.39 is 5.91 Å².